The van der Waals surface area contributed by atoms with Crippen LogP contribution in [0, 0.1) is 5.92 Å². The smallest absolute Gasteiger partial charge is 0.237 e. The molecule has 0 saturated carbocycles. The summed E-state index contributed by atoms with van der Waals surface area (Å²) in [5, 5.41) is 6.38. The number of hydrogen-bond donors (Lipinski definition) is 4. The summed E-state index contributed by atoms with van der Waals surface area (Å²) in [6.45, 7) is 6.07. The van der Waals surface area contributed by atoms with Gasteiger partial charge < -0.3 is 22.1 Å². The number of carbonyl (C=O) groups excluding carboxylic acids is 1. The van der Waals surface area contributed by atoms with Gasteiger partial charge in [-0.2, -0.15) is 0 Å². The van der Waals surface area contributed by atoms with Gasteiger partial charge in [-0.15, -0.1) is 0 Å². The van der Waals surface area contributed by atoms with Gasteiger partial charge in [0.15, 0.2) is 0 Å². The third-order valence-corrected chi connectivity index (χ3v) is 3.94. The molecule has 0 radical (unpaired) electrons. The van der Waals surface area contributed by atoms with Crippen molar-refractivity contribution in [2.45, 2.75) is 45.7 Å². The third kappa shape index (κ3) is 3.60. The molecule has 120 valence electrons. The van der Waals surface area contributed by atoms with E-state index in [-0.39, 0.29) is 11.9 Å². The van der Waals surface area contributed by atoms with Gasteiger partial charge in [0.1, 0.15) is 0 Å². The number of allylic oxidation sites excluding steroid dienone is 1. The Kier molecular flexibility index (Phi) is 5.08. The van der Waals surface area contributed by atoms with Crippen molar-refractivity contribution < 1.29 is 4.79 Å². The van der Waals surface area contributed by atoms with Gasteiger partial charge in [0.25, 0.3) is 0 Å². The van der Waals surface area contributed by atoms with E-state index in [1.54, 1.807) is 0 Å². The van der Waals surface area contributed by atoms with E-state index in [4.69, 9.17) is 11.5 Å². The summed E-state index contributed by atoms with van der Waals surface area (Å²) in [5.41, 5.74) is 15.7. The van der Waals surface area contributed by atoms with Crippen LogP contribution < -0.4 is 22.1 Å². The van der Waals surface area contributed by atoms with E-state index < -0.39 is 6.04 Å². The highest BCUT2D eigenvalue weighted by molar-refractivity contribution is 5.83. The Morgan fingerprint density at radius 1 is 1.50 bits per heavy atom. The second kappa shape index (κ2) is 6.83. The Morgan fingerprint density at radius 3 is 2.86 bits per heavy atom. The molecule has 0 aliphatic carbocycles. The normalized spacial score (nSPS) is 20.4. The fraction of sp³-hybridized carbons (Fsp3) is 0.471. The Bertz CT molecular complexity index is 580. The number of carbonyl (C=O) groups is 1. The summed E-state index contributed by atoms with van der Waals surface area (Å²) >= 11 is 0. The lowest BCUT2D eigenvalue weighted by molar-refractivity contribution is -0.123. The number of rotatable bonds is 4. The van der Waals surface area contributed by atoms with Crippen molar-refractivity contribution >= 4 is 17.3 Å². The van der Waals surface area contributed by atoms with Crippen LogP contribution in [-0.4, -0.2) is 18.0 Å². The average molecular weight is 302 g/mol. The summed E-state index contributed by atoms with van der Waals surface area (Å²) in [6, 6.07) is 5.26. The average Bonchev–Trinajstić information content (AvgIpc) is 2.46. The lowest BCUT2D eigenvalue weighted by Crippen LogP contribution is -2.49. The molecule has 1 aromatic carbocycles. The van der Waals surface area contributed by atoms with Gasteiger partial charge in [-0.05, 0) is 30.9 Å². The third-order valence-electron chi connectivity index (χ3n) is 3.94. The van der Waals surface area contributed by atoms with Crippen molar-refractivity contribution in [1.82, 2.24) is 5.32 Å². The van der Waals surface area contributed by atoms with Crippen LogP contribution in [0.25, 0.3) is 0 Å². The highest BCUT2D eigenvalue weighted by atomic mass is 16.2. The van der Waals surface area contributed by atoms with Crippen LogP contribution in [0.15, 0.2) is 30.0 Å². The molecule has 1 unspecified atom stereocenters. The van der Waals surface area contributed by atoms with E-state index >= 15 is 0 Å². The van der Waals surface area contributed by atoms with Crippen LogP contribution >= 0.6 is 0 Å². The topological polar surface area (TPSA) is 93.2 Å². The minimum atomic E-state index is -0.472. The van der Waals surface area contributed by atoms with Gasteiger partial charge in [-0.3, -0.25) is 4.79 Å². The van der Waals surface area contributed by atoms with Crippen molar-refractivity contribution in [3.05, 3.63) is 35.5 Å². The summed E-state index contributed by atoms with van der Waals surface area (Å²) in [7, 11) is 0. The zero-order chi connectivity index (χ0) is 16.3. The van der Waals surface area contributed by atoms with Gasteiger partial charge >= 0.3 is 0 Å². The molecule has 1 aromatic rings. The zero-order valence-corrected chi connectivity index (χ0v) is 13.5. The quantitative estimate of drug-likeness (QED) is 0.640. The van der Waals surface area contributed by atoms with Gasteiger partial charge in [0.05, 0.1) is 23.5 Å². The first kappa shape index (κ1) is 16.4. The van der Waals surface area contributed by atoms with E-state index in [9.17, 15) is 4.79 Å². The molecule has 5 heteroatoms. The van der Waals surface area contributed by atoms with Crippen molar-refractivity contribution in [3.63, 3.8) is 0 Å². The van der Waals surface area contributed by atoms with E-state index in [0.717, 1.165) is 22.6 Å². The summed E-state index contributed by atoms with van der Waals surface area (Å²) < 4.78 is 0. The molecule has 6 N–H and O–H groups in total. The number of hydrogen-bond acceptors (Lipinski definition) is 4. The molecule has 0 bridgehead atoms. The van der Waals surface area contributed by atoms with Crippen LogP contribution in [0.3, 0.4) is 0 Å². The number of nitrogens with two attached hydrogens (primary N) is 2. The van der Waals surface area contributed by atoms with Crippen LogP contribution in [0.2, 0.25) is 0 Å². The standard InChI is InChI=1S/C17H26N4O/c1-4-14-15(21-17(22)13(19)8-10(2)3)9-11-6-5-7-12(18)16(11)20-14/h4-7,10,13,15,20H,8-9,18-19H2,1-3H3,(H,21,22)/b14-4-/t13-,15?/m1/s1. The first-order chi connectivity index (χ1) is 10.4. The molecule has 1 aliphatic rings. The SMILES string of the molecule is C/C=C1\Nc2c(N)cccc2CC1NC(=O)[C@H](N)CC(C)C. The maximum Gasteiger partial charge on any atom is 0.237 e. The van der Waals surface area contributed by atoms with Crippen molar-refractivity contribution in [1.29, 1.82) is 0 Å². The second-order valence-corrected chi connectivity index (χ2v) is 6.25. The highest BCUT2D eigenvalue weighted by Gasteiger charge is 2.26. The first-order valence-electron chi connectivity index (χ1n) is 7.79. The molecule has 0 saturated heterocycles. The number of amides is 1. The molecule has 22 heavy (non-hydrogen) atoms. The lowest BCUT2D eigenvalue weighted by Gasteiger charge is -2.31. The van der Waals surface area contributed by atoms with E-state index in [1.807, 2.05) is 31.2 Å². The number of nitrogen functional groups attached to an aromatic ring is 1. The van der Waals surface area contributed by atoms with Gasteiger partial charge in [0.2, 0.25) is 5.91 Å². The molecule has 0 spiro atoms. The molecular formula is C17H26N4O. The molecule has 2 atom stereocenters. The van der Waals surface area contributed by atoms with Gasteiger partial charge in [-0.25, -0.2) is 0 Å². The monoisotopic (exact) mass is 302 g/mol. The minimum absolute atomic E-state index is 0.0926. The van der Waals surface area contributed by atoms with Crippen LogP contribution in [0.5, 0.6) is 0 Å². The molecule has 5 nitrogen and oxygen atoms in total. The Balaban J connectivity index is 2.13. The molecular weight excluding hydrogens is 276 g/mol. The van der Waals surface area contributed by atoms with Crippen LogP contribution in [0.4, 0.5) is 11.4 Å². The van der Waals surface area contributed by atoms with Gasteiger partial charge in [0, 0.05) is 12.1 Å². The molecule has 1 aliphatic heterocycles. The second-order valence-electron chi connectivity index (χ2n) is 6.25. The summed E-state index contributed by atoms with van der Waals surface area (Å²) in [5.74, 6) is 0.291. The predicted octanol–water partition coefficient (Wildman–Crippen LogP) is 2.00. The molecule has 1 heterocycles. The van der Waals surface area contributed by atoms with Crippen molar-refractivity contribution in [2.75, 3.05) is 11.1 Å². The van der Waals surface area contributed by atoms with Crippen LogP contribution in [-0.2, 0) is 11.2 Å². The van der Waals surface area contributed by atoms with E-state index in [0.29, 0.717) is 18.8 Å². The van der Waals surface area contributed by atoms with Crippen molar-refractivity contribution in [3.8, 4) is 0 Å². The summed E-state index contributed by atoms with van der Waals surface area (Å²) in [6.07, 6.45) is 3.36. The largest absolute Gasteiger partial charge is 0.397 e. The maximum absolute atomic E-state index is 12.3. The van der Waals surface area contributed by atoms with Crippen LogP contribution in [0.1, 0.15) is 32.8 Å². The molecule has 0 fully saturated rings. The van der Waals surface area contributed by atoms with Crippen molar-refractivity contribution in [2.24, 2.45) is 11.7 Å². The maximum atomic E-state index is 12.3. The highest BCUT2D eigenvalue weighted by Crippen LogP contribution is 2.31. The number of para-hydroxylation sites is 1. The first-order valence-corrected chi connectivity index (χ1v) is 7.79. The predicted molar refractivity (Wildman–Crippen MR) is 91.3 cm³/mol. The zero-order valence-electron chi connectivity index (χ0n) is 13.5. The fourth-order valence-corrected chi connectivity index (χ4v) is 2.80. The van der Waals surface area contributed by atoms with E-state index in [2.05, 4.69) is 24.5 Å². The number of benzene rings is 1. The van der Waals surface area contributed by atoms with E-state index in [1.165, 1.54) is 0 Å². The number of nitrogens with one attached hydrogen (secondary N) is 2. The lowest BCUT2D eigenvalue weighted by atomic mass is 9.95. The fourth-order valence-electron chi connectivity index (χ4n) is 2.80. The van der Waals surface area contributed by atoms with Gasteiger partial charge in [-0.1, -0.05) is 32.1 Å². The molecule has 0 aromatic heterocycles. The Labute approximate surface area is 132 Å². The molecule has 1 amide bonds. The minimum Gasteiger partial charge on any atom is -0.397 e. The molecule has 2 rings (SSSR count). The summed E-state index contributed by atoms with van der Waals surface area (Å²) in [4.78, 5) is 12.3. The number of anilines is 2. The Morgan fingerprint density at radius 2 is 2.23 bits per heavy atom. The Hall–Kier alpha value is -2.01. The number of fused-ring (bicyclic) bond motifs is 1.